The number of phenols is 1. The first-order valence-electron chi connectivity index (χ1n) is 11.9. The fourth-order valence-electron chi connectivity index (χ4n) is 3.78. The molecule has 2 aromatic carbocycles. The van der Waals surface area contributed by atoms with Crippen LogP contribution in [0.4, 0.5) is 0 Å². The Kier molecular flexibility index (Phi) is 11.5. The predicted octanol–water partition coefficient (Wildman–Crippen LogP) is 1.45. The molecule has 3 amide bonds. The van der Waals surface area contributed by atoms with Crippen molar-refractivity contribution >= 4 is 39.6 Å². The number of phenolic OH excluding ortho intramolecular Hbond substituents is 1. The van der Waals surface area contributed by atoms with E-state index in [-0.39, 0.29) is 18.7 Å². The number of nitrogens with zero attached hydrogens (tertiary/aromatic N) is 1. The first kappa shape index (κ1) is 29.8. The van der Waals surface area contributed by atoms with Crippen LogP contribution in [0.15, 0.2) is 53.0 Å². The zero-order valence-electron chi connectivity index (χ0n) is 21.0. The lowest BCUT2D eigenvalue weighted by atomic mass is 10.0. The molecule has 0 spiro atoms. The molecular weight excluding hydrogens is 544 g/mol. The van der Waals surface area contributed by atoms with Crippen molar-refractivity contribution in [3.05, 3.63) is 64.1 Å². The summed E-state index contributed by atoms with van der Waals surface area (Å²) < 4.78 is 0.801. The summed E-state index contributed by atoms with van der Waals surface area (Å²) in [5.41, 5.74) is 1.57. The smallest absolute Gasteiger partial charge is 0.326 e. The van der Waals surface area contributed by atoms with E-state index in [1.165, 1.54) is 24.0 Å². The number of carbonyl (C=O) groups excluding carboxylic acids is 3. The van der Waals surface area contributed by atoms with Gasteiger partial charge in [0.2, 0.25) is 17.7 Å². The van der Waals surface area contributed by atoms with Crippen LogP contribution in [0, 0.1) is 0 Å². The Morgan fingerprint density at radius 3 is 2.24 bits per heavy atom. The number of rotatable bonds is 13. The average Bonchev–Trinajstić information content (AvgIpc) is 2.86. The summed E-state index contributed by atoms with van der Waals surface area (Å²) in [6, 6.07) is 11.0. The number of nitrogens with one attached hydrogen (secondary N) is 3. The zero-order chi connectivity index (χ0) is 27.5. The number of carboxylic acids is 1. The highest BCUT2D eigenvalue weighted by atomic mass is 79.9. The summed E-state index contributed by atoms with van der Waals surface area (Å²) in [4.78, 5) is 51.2. The topological polar surface area (TPSA) is 148 Å². The number of aromatic hydroxyl groups is 1. The van der Waals surface area contributed by atoms with Gasteiger partial charge in [0, 0.05) is 17.4 Å². The van der Waals surface area contributed by atoms with E-state index in [1.807, 2.05) is 6.07 Å². The molecule has 0 fully saturated rings. The first-order chi connectivity index (χ1) is 17.5. The van der Waals surface area contributed by atoms with Crippen molar-refractivity contribution in [1.82, 2.24) is 20.9 Å². The van der Waals surface area contributed by atoms with Gasteiger partial charge in [-0.3, -0.25) is 14.4 Å². The van der Waals surface area contributed by atoms with Gasteiger partial charge in [0.25, 0.3) is 0 Å². The lowest BCUT2D eigenvalue weighted by Crippen LogP contribution is -2.54. The average molecular weight is 577 g/mol. The SMILES string of the molecule is CCN(C(=O)CNC(=O)[C@@H](C)NC(=O)[C@H](Cc1ccc(O)cc1)NC)[C@@H](Cc1cccc(Br)c1)C(=O)O. The van der Waals surface area contributed by atoms with Crippen molar-refractivity contribution in [2.75, 3.05) is 20.1 Å². The van der Waals surface area contributed by atoms with E-state index in [0.29, 0.717) is 6.42 Å². The molecule has 0 saturated carbocycles. The Bertz CT molecular complexity index is 1090. The van der Waals surface area contributed by atoms with E-state index in [1.54, 1.807) is 44.3 Å². The van der Waals surface area contributed by atoms with Gasteiger partial charge in [-0.25, -0.2) is 4.79 Å². The summed E-state index contributed by atoms with van der Waals surface area (Å²) in [6.45, 7) is 2.91. The number of aliphatic carboxylic acids is 1. The van der Waals surface area contributed by atoms with E-state index in [9.17, 15) is 29.4 Å². The van der Waals surface area contributed by atoms with Gasteiger partial charge in [0.1, 0.15) is 17.8 Å². The van der Waals surface area contributed by atoms with Crippen molar-refractivity contribution in [2.45, 2.75) is 44.8 Å². The van der Waals surface area contributed by atoms with Crippen LogP contribution in [0.5, 0.6) is 5.75 Å². The largest absolute Gasteiger partial charge is 0.508 e. The minimum atomic E-state index is -1.14. The number of carboxylic acid groups (broad SMARTS) is 1. The number of benzene rings is 2. The molecule has 0 bridgehead atoms. The Hall–Kier alpha value is -3.44. The fourth-order valence-corrected chi connectivity index (χ4v) is 4.23. The normalized spacial score (nSPS) is 13.2. The molecule has 200 valence electrons. The second-order valence-corrected chi connectivity index (χ2v) is 9.44. The van der Waals surface area contributed by atoms with Gasteiger partial charge in [0.05, 0.1) is 12.6 Å². The van der Waals surface area contributed by atoms with Crippen molar-refractivity contribution < 1.29 is 29.4 Å². The molecule has 0 heterocycles. The highest BCUT2D eigenvalue weighted by molar-refractivity contribution is 9.10. The maximum atomic E-state index is 12.8. The standard InChI is InChI=1S/C26H33BrN4O6/c1-4-31(22(26(36)37)14-18-6-5-7-19(27)12-18)23(33)15-29-24(34)16(2)30-25(35)21(28-3)13-17-8-10-20(32)11-9-17/h5-12,16,21-22,28,32H,4,13-15H2,1-3H3,(H,29,34)(H,30,35)(H,36,37)/t16-,21+,22+/m1/s1. The maximum Gasteiger partial charge on any atom is 0.326 e. The van der Waals surface area contributed by atoms with Crippen LogP contribution in [-0.4, -0.2) is 77.1 Å². The minimum Gasteiger partial charge on any atom is -0.508 e. The van der Waals surface area contributed by atoms with Crippen LogP contribution in [0.25, 0.3) is 0 Å². The second kappa shape index (κ2) is 14.3. The third kappa shape index (κ3) is 9.18. The van der Waals surface area contributed by atoms with Gasteiger partial charge in [-0.05, 0) is 62.7 Å². The van der Waals surface area contributed by atoms with Gasteiger partial charge in [-0.1, -0.05) is 40.2 Å². The van der Waals surface area contributed by atoms with Crippen LogP contribution in [0.2, 0.25) is 0 Å². The molecule has 0 unspecified atom stereocenters. The van der Waals surface area contributed by atoms with Crippen molar-refractivity contribution in [1.29, 1.82) is 0 Å². The van der Waals surface area contributed by atoms with Crippen molar-refractivity contribution in [3.8, 4) is 5.75 Å². The van der Waals surface area contributed by atoms with E-state index >= 15 is 0 Å². The fraction of sp³-hybridized carbons (Fsp3) is 0.385. The molecule has 0 radical (unpaired) electrons. The van der Waals surface area contributed by atoms with Gasteiger partial charge < -0.3 is 31.1 Å². The van der Waals surface area contributed by atoms with Gasteiger partial charge in [0.15, 0.2) is 0 Å². The highest BCUT2D eigenvalue weighted by Crippen LogP contribution is 2.16. The second-order valence-electron chi connectivity index (χ2n) is 8.53. The molecule has 0 saturated heterocycles. The van der Waals surface area contributed by atoms with Crippen LogP contribution in [0.1, 0.15) is 25.0 Å². The Labute approximate surface area is 224 Å². The van der Waals surface area contributed by atoms with Crippen molar-refractivity contribution in [2.24, 2.45) is 0 Å². The van der Waals surface area contributed by atoms with Gasteiger partial charge >= 0.3 is 5.97 Å². The number of halogens is 1. The molecule has 0 aromatic heterocycles. The molecule has 2 rings (SSSR count). The van der Waals surface area contributed by atoms with Crippen molar-refractivity contribution in [3.63, 3.8) is 0 Å². The summed E-state index contributed by atoms with van der Waals surface area (Å²) in [5, 5.41) is 27.2. The van der Waals surface area contributed by atoms with Crippen LogP contribution in [-0.2, 0) is 32.0 Å². The third-order valence-electron chi connectivity index (χ3n) is 5.85. The van der Waals surface area contributed by atoms with E-state index < -0.39 is 48.4 Å². The molecule has 3 atom stereocenters. The Morgan fingerprint density at radius 2 is 1.68 bits per heavy atom. The first-order valence-corrected chi connectivity index (χ1v) is 12.6. The number of carbonyl (C=O) groups is 4. The summed E-state index contributed by atoms with van der Waals surface area (Å²) in [7, 11) is 1.63. The molecule has 37 heavy (non-hydrogen) atoms. The molecule has 5 N–H and O–H groups in total. The van der Waals surface area contributed by atoms with E-state index in [4.69, 9.17) is 0 Å². The number of hydrogen-bond donors (Lipinski definition) is 5. The molecule has 0 aliphatic heterocycles. The quantitative estimate of drug-likeness (QED) is 0.242. The van der Waals surface area contributed by atoms with E-state index in [0.717, 1.165) is 15.6 Å². The lowest BCUT2D eigenvalue weighted by Gasteiger charge is -2.28. The summed E-state index contributed by atoms with van der Waals surface area (Å²) in [6.07, 6.45) is 0.455. The monoisotopic (exact) mass is 576 g/mol. The van der Waals surface area contributed by atoms with Crippen LogP contribution in [0.3, 0.4) is 0 Å². The highest BCUT2D eigenvalue weighted by Gasteiger charge is 2.29. The third-order valence-corrected chi connectivity index (χ3v) is 6.34. The molecule has 2 aromatic rings. The Balaban J connectivity index is 1.94. The summed E-state index contributed by atoms with van der Waals surface area (Å²) in [5.74, 6) is -2.54. The van der Waals surface area contributed by atoms with E-state index in [2.05, 4.69) is 31.9 Å². The molecule has 0 aliphatic rings. The van der Waals surface area contributed by atoms with Gasteiger partial charge in [-0.15, -0.1) is 0 Å². The molecular formula is C26H33BrN4O6. The zero-order valence-corrected chi connectivity index (χ0v) is 22.6. The lowest BCUT2D eigenvalue weighted by molar-refractivity contribution is -0.150. The maximum absolute atomic E-state index is 12.8. The van der Waals surface area contributed by atoms with Crippen LogP contribution >= 0.6 is 15.9 Å². The molecule has 0 aliphatic carbocycles. The molecule has 10 nitrogen and oxygen atoms in total. The number of likely N-dealkylation sites (N-methyl/N-ethyl adjacent to an activating group) is 2. The Morgan fingerprint density at radius 1 is 1.00 bits per heavy atom. The minimum absolute atomic E-state index is 0.112. The number of hydrogen-bond acceptors (Lipinski definition) is 6. The number of amides is 3. The molecule has 11 heteroatoms. The summed E-state index contributed by atoms with van der Waals surface area (Å²) >= 11 is 3.36. The van der Waals surface area contributed by atoms with Crippen LogP contribution < -0.4 is 16.0 Å². The van der Waals surface area contributed by atoms with Gasteiger partial charge in [-0.2, -0.15) is 0 Å². The predicted molar refractivity (Wildman–Crippen MR) is 142 cm³/mol.